The molecule has 5 heteroatoms. The van der Waals surface area contributed by atoms with E-state index in [4.69, 9.17) is 9.47 Å². The van der Waals surface area contributed by atoms with Crippen LogP contribution < -0.4 is 5.32 Å². The Morgan fingerprint density at radius 2 is 1.87 bits per heavy atom. The average Bonchev–Trinajstić information content (AvgIpc) is 2.74. The van der Waals surface area contributed by atoms with Gasteiger partial charge in [-0.3, -0.25) is 4.79 Å². The molecule has 2 rings (SSSR count). The monoisotopic (exact) mass is 319 g/mol. The fourth-order valence-electron chi connectivity index (χ4n) is 2.56. The summed E-state index contributed by atoms with van der Waals surface area (Å²) in [5, 5.41) is 2.85. The van der Waals surface area contributed by atoms with Crippen molar-refractivity contribution in [2.75, 3.05) is 0 Å². The Kier molecular flexibility index (Phi) is 4.97. The smallest absolute Gasteiger partial charge is 0.408 e. The first kappa shape index (κ1) is 17.3. The van der Waals surface area contributed by atoms with Crippen LogP contribution in [0.5, 0.6) is 0 Å². The summed E-state index contributed by atoms with van der Waals surface area (Å²) in [7, 11) is 0. The summed E-state index contributed by atoms with van der Waals surface area (Å²) in [6.07, 6.45) is -0.325. The van der Waals surface area contributed by atoms with Gasteiger partial charge in [0.2, 0.25) is 0 Å². The first-order valence-corrected chi connectivity index (χ1v) is 7.95. The molecular formula is C18H25NO4. The predicted octanol–water partition coefficient (Wildman–Crippen LogP) is 3.38. The first-order chi connectivity index (χ1) is 10.7. The summed E-state index contributed by atoms with van der Waals surface area (Å²) < 4.78 is 10.9. The average molecular weight is 319 g/mol. The van der Waals surface area contributed by atoms with E-state index in [1.54, 1.807) is 13.8 Å². The molecule has 23 heavy (non-hydrogen) atoms. The van der Waals surface area contributed by atoms with E-state index >= 15 is 0 Å². The van der Waals surface area contributed by atoms with Gasteiger partial charge in [0.15, 0.2) is 0 Å². The molecular weight excluding hydrogens is 294 g/mol. The minimum absolute atomic E-state index is 0.208. The van der Waals surface area contributed by atoms with Gasteiger partial charge in [-0.2, -0.15) is 0 Å². The fraction of sp³-hybridized carbons (Fsp3) is 0.556. The van der Waals surface area contributed by atoms with Crippen molar-refractivity contribution < 1.29 is 19.1 Å². The van der Waals surface area contributed by atoms with Crippen LogP contribution in [0.3, 0.4) is 0 Å². The zero-order valence-electron chi connectivity index (χ0n) is 14.4. The number of fused-ring (bicyclic) bond motifs is 1. The van der Waals surface area contributed by atoms with Crippen LogP contribution in [0.15, 0.2) is 24.3 Å². The van der Waals surface area contributed by atoms with Gasteiger partial charge in [-0.15, -0.1) is 0 Å². The van der Waals surface area contributed by atoms with Gasteiger partial charge in [0.25, 0.3) is 0 Å². The van der Waals surface area contributed by atoms with Gasteiger partial charge in [-0.25, -0.2) is 4.79 Å². The summed E-state index contributed by atoms with van der Waals surface area (Å²) in [6.45, 7) is 9.02. The molecule has 2 atom stereocenters. The second-order valence-electron chi connectivity index (χ2n) is 7.16. The van der Waals surface area contributed by atoms with E-state index in [1.807, 2.05) is 45.0 Å². The van der Waals surface area contributed by atoms with E-state index in [9.17, 15) is 9.59 Å². The van der Waals surface area contributed by atoms with Crippen molar-refractivity contribution in [3.05, 3.63) is 35.4 Å². The lowest BCUT2D eigenvalue weighted by molar-refractivity contribution is -0.153. The van der Waals surface area contributed by atoms with Crippen molar-refractivity contribution in [1.29, 1.82) is 0 Å². The third-order valence-corrected chi connectivity index (χ3v) is 3.59. The number of esters is 1. The number of ether oxygens (including phenoxy) is 2. The molecule has 1 aliphatic carbocycles. The highest BCUT2D eigenvalue weighted by atomic mass is 16.6. The number of nitrogens with one attached hydrogen (secondary N) is 1. The number of carbonyl (C=O) groups excluding carboxylic acids is 2. The van der Waals surface area contributed by atoms with Crippen LogP contribution in [0.4, 0.5) is 4.79 Å². The Balaban J connectivity index is 2.16. The van der Waals surface area contributed by atoms with Gasteiger partial charge < -0.3 is 14.8 Å². The maximum Gasteiger partial charge on any atom is 0.408 e. The number of hydrogen-bond donors (Lipinski definition) is 1. The van der Waals surface area contributed by atoms with E-state index in [2.05, 4.69) is 5.32 Å². The third kappa shape index (κ3) is 4.47. The Hall–Kier alpha value is -2.04. The van der Waals surface area contributed by atoms with Crippen LogP contribution in [-0.4, -0.2) is 23.8 Å². The second kappa shape index (κ2) is 6.60. The van der Waals surface area contributed by atoms with Crippen LogP contribution in [0.25, 0.3) is 0 Å². The highest BCUT2D eigenvalue weighted by Gasteiger charge is 2.37. The molecule has 1 N–H and O–H groups in total. The molecule has 0 aliphatic heterocycles. The first-order valence-electron chi connectivity index (χ1n) is 7.95. The van der Waals surface area contributed by atoms with Crippen LogP contribution >= 0.6 is 0 Å². The van der Waals surface area contributed by atoms with Crippen LogP contribution in [0.2, 0.25) is 0 Å². The van der Waals surface area contributed by atoms with Crippen molar-refractivity contribution in [3.8, 4) is 0 Å². The van der Waals surface area contributed by atoms with E-state index in [0.717, 1.165) is 11.1 Å². The minimum atomic E-state index is -0.577. The summed E-state index contributed by atoms with van der Waals surface area (Å²) in [6, 6.07) is 7.40. The maximum atomic E-state index is 12.1. The molecule has 0 heterocycles. The zero-order valence-corrected chi connectivity index (χ0v) is 14.4. The van der Waals surface area contributed by atoms with E-state index in [0.29, 0.717) is 6.42 Å². The normalized spacial score (nSPS) is 20.1. The Morgan fingerprint density at radius 3 is 2.48 bits per heavy atom. The number of carbonyl (C=O) groups is 2. The lowest BCUT2D eigenvalue weighted by Crippen LogP contribution is -2.40. The Labute approximate surface area is 137 Å². The molecule has 1 aromatic carbocycles. The van der Waals surface area contributed by atoms with E-state index < -0.39 is 17.8 Å². The summed E-state index contributed by atoms with van der Waals surface area (Å²) in [5.74, 6) is -0.473. The number of hydrogen-bond acceptors (Lipinski definition) is 4. The topological polar surface area (TPSA) is 64.6 Å². The summed E-state index contributed by atoms with van der Waals surface area (Å²) in [5.41, 5.74) is 1.47. The van der Waals surface area contributed by atoms with Gasteiger partial charge in [0.1, 0.15) is 11.7 Å². The van der Waals surface area contributed by atoms with E-state index in [-0.39, 0.29) is 17.9 Å². The standard InChI is InChI=1S/C18H25NO4/c1-11(2)16(20)22-14-10-12-8-6-7-9-13(12)15(14)19-17(21)23-18(3,4)5/h6-9,11,14-15H,10H2,1-5H3,(H,19,21)/t14-,15+/m1/s1. The van der Waals surface area contributed by atoms with E-state index in [1.165, 1.54) is 0 Å². The summed E-state index contributed by atoms with van der Waals surface area (Å²) in [4.78, 5) is 24.1. The minimum Gasteiger partial charge on any atom is -0.459 e. The van der Waals surface area contributed by atoms with Crippen LogP contribution in [0.1, 0.15) is 51.8 Å². The lowest BCUT2D eigenvalue weighted by atomic mass is 10.1. The van der Waals surface area contributed by atoms with Crippen molar-refractivity contribution in [2.45, 2.75) is 58.8 Å². The Morgan fingerprint density at radius 1 is 1.22 bits per heavy atom. The van der Waals surface area contributed by atoms with Crippen molar-refractivity contribution in [2.24, 2.45) is 5.92 Å². The zero-order chi connectivity index (χ0) is 17.2. The molecule has 0 fully saturated rings. The number of benzene rings is 1. The predicted molar refractivity (Wildman–Crippen MR) is 87.0 cm³/mol. The molecule has 0 aromatic heterocycles. The number of alkyl carbamates (subject to hydrolysis) is 1. The van der Waals surface area contributed by atoms with Crippen molar-refractivity contribution in [1.82, 2.24) is 5.32 Å². The van der Waals surface area contributed by atoms with Gasteiger partial charge in [-0.05, 0) is 31.9 Å². The molecule has 0 unspecified atom stereocenters. The summed E-state index contributed by atoms with van der Waals surface area (Å²) >= 11 is 0. The molecule has 0 radical (unpaired) electrons. The molecule has 0 bridgehead atoms. The second-order valence-corrected chi connectivity index (χ2v) is 7.16. The molecule has 1 amide bonds. The van der Waals surface area contributed by atoms with Gasteiger partial charge >= 0.3 is 12.1 Å². The van der Waals surface area contributed by atoms with Gasteiger partial charge in [-0.1, -0.05) is 38.1 Å². The Bertz CT molecular complexity index is 589. The molecule has 5 nitrogen and oxygen atoms in total. The van der Waals surface area contributed by atoms with Crippen LogP contribution in [-0.2, 0) is 20.7 Å². The molecule has 1 aliphatic rings. The highest BCUT2D eigenvalue weighted by Crippen LogP contribution is 2.34. The quantitative estimate of drug-likeness (QED) is 0.868. The molecule has 0 spiro atoms. The fourth-order valence-corrected chi connectivity index (χ4v) is 2.56. The van der Waals surface area contributed by atoms with Gasteiger partial charge in [0.05, 0.1) is 12.0 Å². The molecule has 0 saturated heterocycles. The molecule has 126 valence electrons. The maximum absolute atomic E-state index is 12.1. The van der Waals surface area contributed by atoms with Gasteiger partial charge in [0, 0.05) is 6.42 Å². The number of amides is 1. The highest BCUT2D eigenvalue weighted by molar-refractivity contribution is 5.72. The largest absolute Gasteiger partial charge is 0.459 e. The SMILES string of the molecule is CC(C)C(=O)O[C@@H]1Cc2ccccc2[C@@H]1NC(=O)OC(C)(C)C. The van der Waals surface area contributed by atoms with Crippen molar-refractivity contribution in [3.63, 3.8) is 0 Å². The number of rotatable bonds is 3. The van der Waals surface area contributed by atoms with Crippen molar-refractivity contribution >= 4 is 12.1 Å². The molecule has 1 aromatic rings. The third-order valence-electron chi connectivity index (χ3n) is 3.59. The molecule has 0 saturated carbocycles. The van der Waals surface area contributed by atoms with Crippen LogP contribution in [0, 0.1) is 5.92 Å². The lowest BCUT2D eigenvalue weighted by Gasteiger charge is -2.25.